The van der Waals surface area contributed by atoms with Crippen LogP contribution in [0.3, 0.4) is 0 Å². The average molecular weight is 333 g/mol. The molecular formula is C19H25ClN2O. The summed E-state index contributed by atoms with van der Waals surface area (Å²) in [5.74, 6) is 0.133. The Labute approximate surface area is 144 Å². The molecule has 3 rings (SSSR count). The van der Waals surface area contributed by atoms with Crippen molar-refractivity contribution in [3.05, 3.63) is 48.0 Å². The van der Waals surface area contributed by atoms with Crippen LogP contribution in [0, 0.1) is 0 Å². The first-order valence-electron chi connectivity index (χ1n) is 8.10. The molecule has 0 saturated carbocycles. The van der Waals surface area contributed by atoms with Gasteiger partial charge in [-0.15, -0.1) is 12.4 Å². The molecule has 23 heavy (non-hydrogen) atoms. The van der Waals surface area contributed by atoms with Crippen LogP contribution in [0.15, 0.2) is 42.5 Å². The van der Waals surface area contributed by atoms with Gasteiger partial charge in [0.05, 0.1) is 5.92 Å². The van der Waals surface area contributed by atoms with Crippen LogP contribution >= 0.6 is 12.4 Å². The summed E-state index contributed by atoms with van der Waals surface area (Å²) in [7, 11) is 0. The van der Waals surface area contributed by atoms with Crippen molar-refractivity contribution in [1.29, 1.82) is 0 Å². The highest BCUT2D eigenvalue weighted by atomic mass is 35.5. The number of nitrogens with one attached hydrogen (secondary N) is 1. The van der Waals surface area contributed by atoms with Gasteiger partial charge in [0.15, 0.2) is 0 Å². The van der Waals surface area contributed by atoms with Crippen molar-refractivity contribution >= 4 is 29.1 Å². The second-order valence-corrected chi connectivity index (χ2v) is 6.34. The monoisotopic (exact) mass is 332 g/mol. The zero-order chi connectivity index (χ0) is 15.7. The van der Waals surface area contributed by atoms with Crippen molar-refractivity contribution < 1.29 is 4.79 Å². The summed E-state index contributed by atoms with van der Waals surface area (Å²) in [6.07, 6.45) is 0. The molecule has 2 aromatic rings. The van der Waals surface area contributed by atoms with E-state index in [0.29, 0.717) is 6.04 Å². The van der Waals surface area contributed by atoms with Crippen molar-refractivity contribution in [2.75, 3.05) is 13.1 Å². The molecule has 0 aliphatic carbocycles. The van der Waals surface area contributed by atoms with Crippen LogP contribution in [-0.2, 0) is 4.79 Å². The van der Waals surface area contributed by atoms with E-state index in [0.717, 1.165) is 18.7 Å². The molecule has 1 saturated heterocycles. The third-order valence-corrected chi connectivity index (χ3v) is 4.96. The molecule has 1 aliphatic rings. The molecule has 1 heterocycles. The summed E-state index contributed by atoms with van der Waals surface area (Å²) >= 11 is 0. The normalized spacial score (nSPS) is 22.5. The lowest BCUT2D eigenvalue weighted by Crippen LogP contribution is -2.57. The standard InChI is InChI=1S/C19H24N2O.ClH/c1-13(19(22)21-11-10-20-14(2)15(21)3)17-9-8-16-6-4-5-7-18(16)12-17;/h4-9,12-15,20H,10-11H2,1-3H3;1H. The summed E-state index contributed by atoms with van der Waals surface area (Å²) in [5, 5.41) is 5.84. The summed E-state index contributed by atoms with van der Waals surface area (Å²) in [6.45, 7) is 7.96. The van der Waals surface area contributed by atoms with E-state index in [1.54, 1.807) is 0 Å². The van der Waals surface area contributed by atoms with Crippen LogP contribution < -0.4 is 5.32 Å². The Morgan fingerprint density at radius 3 is 2.61 bits per heavy atom. The Morgan fingerprint density at radius 2 is 1.87 bits per heavy atom. The van der Waals surface area contributed by atoms with E-state index in [1.165, 1.54) is 10.8 Å². The lowest BCUT2D eigenvalue weighted by Gasteiger charge is -2.40. The second-order valence-electron chi connectivity index (χ2n) is 6.34. The molecule has 3 atom stereocenters. The molecule has 0 radical (unpaired) electrons. The SMILES string of the molecule is CC(C(=O)N1CCNC(C)C1C)c1ccc2ccccc2c1.Cl. The molecular weight excluding hydrogens is 308 g/mol. The van der Waals surface area contributed by atoms with Gasteiger partial charge in [0, 0.05) is 25.2 Å². The predicted molar refractivity (Wildman–Crippen MR) is 98.3 cm³/mol. The molecule has 1 amide bonds. The van der Waals surface area contributed by atoms with Gasteiger partial charge >= 0.3 is 0 Å². The molecule has 2 aromatic carbocycles. The van der Waals surface area contributed by atoms with Gasteiger partial charge in [0.1, 0.15) is 0 Å². The summed E-state index contributed by atoms with van der Waals surface area (Å²) in [5.41, 5.74) is 1.10. The van der Waals surface area contributed by atoms with Crippen molar-refractivity contribution in [2.45, 2.75) is 38.8 Å². The Balaban J connectivity index is 0.00000192. The fourth-order valence-corrected chi connectivity index (χ4v) is 3.24. The molecule has 0 bridgehead atoms. The van der Waals surface area contributed by atoms with Crippen molar-refractivity contribution in [1.82, 2.24) is 10.2 Å². The van der Waals surface area contributed by atoms with E-state index in [9.17, 15) is 4.79 Å². The molecule has 0 aromatic heterocycles. The van der Waals surface area contributed by atoms with Gasteiger partial charge in [-0.2, -0.15) is 0 Å². The van der Waals surface area contributed by atoms with Gasteiger partial charge < -0.3 is 10.2 Å². The number of rotatable bonds is 2. The molecule has 0 spiro atoms. The summed E-state index contributed by atoms with van der Waals surface area (Å²) < 4.78 is 0. The Hall–Kier alpha value is -1.58. The molecule has 3 nitrogen and oxygen atoms in total. The third kappa shape index (κ3) is 3.51. The maximum absolute atomic E-state index is 12.9. The number of benzene rings is 2. The fourth-order valence-electron chi connectivity index (χ4n) is 3.24. The van der Waals surface area contributed by atoms with Crippen molar-refractivity contribution in [2.24, 2.45) is 0 Å². The van der Waals surface area contributed by atoms with Gasteiger partial charge in [0.2, 0.25) is 5.91 Å². The topological polar surface area (TPSA) is 32.3 Å². The molecule has 1 N–H and O–H groups in total. The van der Waals surface area contributed by atoms with Gasteiger partial charge in [-0.25, -0.2) is 0 Å². The number of amides is 1. The maximum Gasteiger partial charge on any atom is 0.230 e. The van der Waals surface area contributed by atoms with Crippen LogP contribution in [-0.4, -0.2) is 36.0 Å². The van der Waals surface area contributed by atoms with E-state index in [2.05, 4.69) is 49.5 Å². The average Bonchev–Trinajstić information content (AvgIpc) is 2.55. The summed E-state index contributed by atoms with van der Waals surface area (Å²) in [6, 6.07) is 15.2. The van der Waals surface area contributed by atoms with E-state index < -0.39 is 0 Å². The maximum atomic E-state index is 12.9. The van der Waals surface area contributed by atoms with E-state index in [4.69, 9.17) is 0 Å². The highest BCUT2D eigenvalue weighted by Gasteiger charge is 2.31. The van der Waals surface area contributed by atoms with Crippen LogP contribution in [0.25, 0.3) is 10.8 Å². The number of piperazine rings is 1. The number of hydrogen-bond donors (Lipinski definition) is 1. The Kier molecular flexibility index (Phi) is 5.66. The number of carbonyl (C=O) groups is 1. The Bertz CT molecular complexity index is 688. The van der Waals surface area contributed by atoms with Gasteiger partial charge in [-0.05, 0) is 37.1 Å². The molecule has 1 fully saturated rings. The number of carbonyl (C=O) groups excluding carboxylic acids is 1. The van der Waals surface area contributed by atoms with E-state index >= 15 is 0 Å². The number of halogens is 1. The first kappa shape index (κ1) is 17.8. The Morgan fingerprint density at radius 1 is 1.17 bits per heavy atom. The third-order valence-electron chi connectivity index (χ3n) is 4.96. The molecule has 4 heteroatoms. The smallest absolute Gasteiger partial charge is 0.230 e. The summed E-state index contributed by atoms with van der Waals surface area (Å²) in [4.78, 5) is 14.9. The minimum atomic E-state index is -0.0997. The lowest BCUT2D eigenvalue weighted by molar-refractivity contribution is -0.136. The highest BCUT2D eigenvalue weighted by molar-refractivity contribution is 5.88. The second kappa shape index (κ2) is 7.33. The first-order valence-corrected chi connectivity index (χ1v) is 8.10. The quantitative estimate of drug-likeness (QED) is 0.911. The first-order chi connectivity index (χ1) is 10.6. The highest BCUT2D eigenvalue weighted by Crippen LogP contribution is 2.24. The number of hydrogen-bond acceptors (Lipinski definition) is 2. The zero-order valence-corrected chi connectivity index (χ0v) is 14.8. The van der Waals surface area contributed by atoms with E-state index in [-0.39, 0.29) is 30.3 Å². The minimum Gasteiger partial charge on any atom is -0.337 e. The predicted octanol–water partition coefficient (Wildman–Crippen LogP) is 3.57. The lowest BCUT2D eigenvalue weighted by atomic mass is 9.95. The largest absolute Gasteiger partial charge is 0.337 e. The van der Waals surface area contributed by atoms with Crippen LogP contribution in [0.5, 0.6) is 0 Å². The van der Waals surface area contributed by atoms with Gasteiger partial charge in [-0.1, -0.05) is 42.5 Å². The van der Waals surface area contributed by atoms with Crippen LogP contribution in [0.4, 0.5) is 0 Å². The van der Waals surface area contributed by atoms with E-state index in [1.807, 2.05) is 24.0 Å². The molecule has 1 aliphatic heterocycles. The number of nitrogens with zero attached hydrogens (tertiary/aromatic N) is 1. The van der Waals surface area contributed by atoms with Crippen LogP contribution in [0.1, 0.15) is 32.3 Å². The van der Waals surface area contributed by atoms with Crippen molar-refractivity contribution in [3.63, 3.8) is 0 Å². The zero-order valence-electron chi connectivity index (χ0n) is 14.0. The fraction of sp³-hybridized carbons (Fsp3) is 0.421. The van der Waals surface area contributed by atoms with Crippen LogP contribution in [0.2, 0.25) is 0 Å². The molecule has 3 unspecified atom stereocenters. The van der Waals surface area contributed by atoms with Crippen molar-refractivity contribution in [3.8, 4) is 0 Å². The van der Waals surface area contributed by atoms with Gasteiger partial charge in [0.25, 0.3) is 0 Å². The minimum absolute atomic E-state index is 0. The van der Waals surface area contributed by atoms with Gasteiger partial charge in [-0.3, -0.25) is 4.79 Å². The number of fused-ring (bicyclic) bond motifs is 1. The molecule has 124 valence electrons.